The first-order valence-corrected chi connectivity index (χ1v) is 7.13. The molecule has 0 aliphatic carbocycles. The summed E-state index contributed by atoms with van der Waals surface area (Å²) in [5.74, 6) is 0.0725. The fourth-order valence-corrected chi connectivity index (χ4v) is 2.81. The summed E-state index contributed by atoms with van der Waals surface area (Å²) in [7, 11) is 2.10. The van der Waals surface area contributed by atoms with E-state index in [4.69, 9.17) is 4.74 Å². The molecule has 2 fully saturated rings. The van der Waals surface area contributed by atoms with Crippen LogP contribution in [0.15, 0.2) is 0 Å². The van der Waals surface area contributed by atoms with E-state index >= 15 is 0 Å². The fraction of sp³-hybridized carbons (Fsp3) is 0.923. The minimum Gasteiger partial charge on any atom is -0.395 e. The SMILES string of the molecule is CN1CCC(N(CCO)C(=O)C2COCCN2)CC1. The van der Waals surface area contributed by atoms with E-state index in [0.717, 1.165) is 32.5 Å². The summed E-state index contributed by atoms with van der Waals surface area (Å²) in [5, 5.41) is 12.4. The molecule has 1 amide bonds. The van der Waals surface area contributed by atoms with E-state index in [1.807, 2.05) is 4.90 Å². The minimum atomic E-state index is -0.250. The molecule has 2 heterocycles. The normalized spacial score (nSPS) is 26.3. The average molecular weight is 271 g/mol. The summed E-state index contributed by atoms with van der Waals surface area (Å²) in [6.07, 6.45) is 1.96. The van der Waals surface area contributed by atoms with Crippen LogP contribution >= 0.6 is 0 Å². The van der Waals surface area contributed by atoms with E-state index in [0.29, 0.717) is 19.8 Å². The topological polar surface area (TPSA) is 65.0 Å². The predicted octanol–water partition coefficient (Wildman–Crippen LogP) is -1.11. The van der Waals surface area contributed by atoms with Gasteiger partial charge in [0.2, 0.25) is 5.91 Å². The smallest absolute Gasteiger partial charge is 0.242 e. The number of nitrogens with one attached hydrogen (secondary N) is 1. The Kier molecular flexibility index (Phi) is 5.57. The number of piperidine rings is 1. The zero-order valence-electron chi connectivity index (χ0n) is 11.7. The number of hydrogen-bond acceptors (Lipinski definition) is 5. The van der Waals surface area contributed by atoms with Gasteiger partial charge >= 0.3 is 0 Å². The highest BCUT2D eigenvalue weighted by molar-refractivity contribution is 5.82. The van der Waals surface area contributed by atoms with Crippen molar-refractivity contribution in [2.45, 2.75) is 24.9 Å². The Morgan fingerprint density at radius 2 is 2.21 bits per heavy atom. The van der Waals surface area contributed by atoms with Gasteiger partial charge in [0.05, 0.1) is 19.8 Å². The van der Waals surface area contributed by atoms with Crippen LogP contribution < -0.4 is 5.32 Å². The Labute approximate surface area is 114 Å². The summed E-state index contributed by atoms with van der Waals surface area (Å²) in [5.41, 5.74) is 0. The number of carbonyl (C=O) groups is 1. The third-order valence-corrected chi connectivity index (χ3v) is 3.97. The van der Waals surface area contributed by atoms with Crippen LogP contribution in [0.4, 0.5) is 0 Å². The highest BCUT2D eigenvalue weighted by Gasteiger charge is 2.31. The zero-order chi connectivity index (χ0) is 13.7. The molecule has 0 aromatic rings. The molecule has 0 spiro atoms. The molecule has 0 aromatic carbocycles. The first kappa shape index (κ1) is 14.7. The van der Waals surface area contributed by atoms with Crippen molar-refractivity contribution in [3.05, 3.63) is 0 Å². The molecule has 19 heavy (non-hydrogen) atoms. The molecule has 2 aliphatic rings. The number of aliphatic hydroxyl groups is 1. The molecule has 110 valence electrons. The Bertz CT molecular complexity index is 287. The highest BCUT2D eigenvalue weighted by atomic mass is 16.5. The van der Waals surface area contributed by atoms with E-state index in [1.165, 1.54) is 0 Å². The quantitative estimate of drug-likeness (QED) is 0.679. The van der Waals surface area contributed by atoms with Gasteiger partial charge in [-0.15, -0.1) is 0 Å². The second kappa shape index (κ2) is 7.19. The number of hydrogen-bond donors (Lipinski definition) is 2. The number of carbonyl (C=O) groups excluding carboxylic acids is 1. The lowest BCUT2D eigenvalue weighted by Crippen LogP contribution is -2.57. The van der Waals surface area contributed by atoms with Crippen molar-refractivity contribution in [3.63, 3.8) is 0 Å². The number of nitrogens with zero attached hydrogens (tertiary/aromatic N) is 2. The lowest BCUT2D eigenvalue weighted by molar-refractivity contribution is -0.140. The summed E-state index contributed by atoms with van der Waals surface area (Å²) < 4.78 is 5.36. The van der Waals surface area contributed by atoms with Crippen LogP contribution in [0, 0.1) is 0 Å². The van der Waals surface area contributed by atoms with E-state index in [9.17, 15) is 9.90 Å². The molecule has 1 atom stereocenters. The third kappa shape index (κ3) is 3.89. The lowest BCUT2D eigenvalue weighted by Gasteiger charge is -2.39. The second-order valence-corrected chi connectivity index (χ2v) is 5.37. The number of morpholine rings is 1. The maximum atomic E-state index is 12.5. The van der Waals surface area contributed by atoms with Gasteiger partial charge in [0.15, 0.2) is 0 Å². The second-order valence-electron chi connectivity index (χ2n) is 5.37. The lowest BCUT2D eigenvalue weighted by atomic mass is 10.0. The van der Waals surface area contributed by atoms with E-state index < -0.39 is 0 Å². The van der Waals surface area contributed by atoms with Crippen molar-refractivity contribution in [3.8, 4) is 0 Å². The number of aliphatic hydroxyl groups excluding tert-OH is 1. The monoisotopic (exact) mass is 271 g/mol. The van der Waals surface area contributed by atoms with Crippen LogP contribution in [0.25, 0.3) is 0 Å². The number of likely N-dealkylation sites (tertiary alicyclic amines) is 1. The number of amides is 1. The van der Waals surface area contributed by atoms with Gasteiger partial charge in [-0.3, -0.25) is 4.79 Å². The van der Waals surface area contributed by atoms with Crippen LogP contribution in [0.5, 0.6) is 0 Å². The van der Waals surface area contributed by atoms with Crippen molar-refractivity contribution in [2.24, 2.45) is 0 Å². The van der Waals surface area contributed by atoms with Crippen LogP contribution in [0.1, 0.15) is 12.8 Å². The number of rotatable bonds is 4. The van der Waals surface area contributed by atoms with E-state index in [-0.39, 0.29) is 24.6 Å². The van der Waals surface area contributed by atoms with Crippen molar-refractivity contribution < 1.29 is 14.6 Å². The van der Waals surface area contributed by atoms with Crippen LogP contribution in [0.3, 0.4) is 0 Å². The molecule has 6 heteroatoms. The van der Waals surface area contributed by atoms with Crippen LogP contribution in [-0.2, 0) is 9.53 Å². The summed E-state index contributed by atoms with van der Waals surface area (Å²) in [6.45, 7) is 4.28. The first-order valence-electron chi connectivity index (χ1n) is 7.13. The van der Waals surface area contributed by atoms with Crippen molar-refractivity contribution in [1.82, 2.24) is 15.1 Å². The molecule has 2 rings (SSSR count). The van der Waals surface area contributed by atoms with Gasteiger partial charge < -0.3 is 25.0 Å². The Morgan fingerprint density at radius 3 is 2.79 bits per heavy atom. The van der Waals surface area contributed by atoms with Crippen LogP contribution in [0.2, 0.25) is 0 Å². The van der Waals surface area contributed by atoms with Gasteiger partial charge in [0.25, 0.3) is 0 Å². The Morgan fingerprint density at radius 1 is 1.47 bits per heavy atom. The largest absolute Gasteiger partial charge is 0.395 e. The molecule has 2 N–H and O–H groups in total. The Hall–Kier alpha value is -0.690. The molecule has 1 unspecified atom stereocenters. The van der Waals surface area contributed by atoms with Gasteiger partial charge in [-0.1, -0.05) is 0 Å². The molecular weight excluding hydrogens is 246 g/mol. The van der Waals surface area contributed by atoms with Crippen molar-refractivity contribution in [1.29, 1.82) is 0 Å². The maximum Gasteiger partial charge on any atom is 0.242 e. The Balaban J connectivity index is 1.95. The summed E-state index contributed by atoms with van der Waals surface area (Å²) >= 11 is 0. The first-order chi connectivity index (χ1) is 9.22. The van der Waals surface area contributed by atoms with E-state index in [2.05, 4.69) is 17.3 Å². The predicted molar refractivity (Wildman–Crippen MR) is 71.9 cm³/mol. The molecule has 0 bridgehead atoms. The highest BCUT2D eigenvalue weighted by Crippen LogP contribution is 2.17. The third-order valence-electron chi connectivity index (χ3n) is 3.97. The van der Waals surface area contributed by atoms with Gasteiger partial charge in [0, 0.05) is 19.1 Å². The number of ether oxygens (including phenoxy) is 1. The van der Waals surface area contributed by atoms with Gasteiger partial charge in [-0.05, 0) is 33.0 Å². The van der Waals surface area contributed by atoms with Crippen molar-refractivity contribution in [2.75, 3.05) is 53.0 Å². The summed E-state index contributed by atoms with van der Waals surface area (Å²) in [6, 6.07) is -0.000433. The fourth-order valence-electron chi connectivity index (χ4n) is 2.81. The molecule has 6 nitrogen and oxygen atoms in total. The van der Waals surface area contributed by atoms with Crippen LogP contribution in [-0.4, -0.2) is 85.9 Å². The van der Waals surface area contributed by atoms with Gasteiger partial charge in [0.1, 0.15) is 6.04 Å². The molecule has 2 saturated heterocycles. The molecule has 0 aromatic heterocycles. The molecule has 2 aliphatic heterocycles. The van der Waals surface area contributed by atoms with Gasteiger partial charge in [-0.25, -0.2) is 0 Å². The van der Waals surface area contributed by atoms with E-state index in [1.54, 1.807) is 0 Å². The molecule has 0 saturated carbocycles. The van der Waals surface area contributed by atoms with Gasteiger partial charge in [-0.2, -0.15) is 0 Å². The standard InChI is InChI=1S/C13H25N3O3/c1-15-5-2-11(3-6-15)16(7-8-17)13(18)12-10-19-9-4-14-12/h11-12,14,17H,2-10H2,1H3. The zero-order valence-corrected chi connectivity index (χ0v) is 11.7. The average Bonchev–Trinajstić information content (AvgIpc) is 2.46. The minimum absolute atomic E-state index is 0.0195. The molecular formula is C13H25N3O3. The van der Waals surface area contributed by atoms with Crippen molar-refractivity contribution >= 4 is 5.91 Å². The summed E-state index contributed by atoms with van der Waals surface area (Å²) in [4.78, 5) is 16.7. The maximum absolute atomic E-state index is 12.5. The molecule has 0 radical (unpaired) electrons.